The van der Waals surface area contributed by atoms with Crippen molar-refractivity contribution in [3.63, 3.8) is 0 Å². The van der Waals surface area contributed by atoms with Crippen LogP contribution in [0.1, 0.15) is 27.2 Å². The highest BCUT2D eigenvalue weighted by Gasteiger charge is 2.24. The Hall–Kier alpha value is -0.0800. The van der Waals surface area contributed by atoms with Crippen LogP contribution in [0, 0.1) is 5.92 Å². The second kappa shape index (κ2) is 3.55. The first kappa shape index (κ1) is 9.01. The van der Waals surface area contributed by atoms with E-state index < -0.39 is 0 Å². The molecule has 0 aromatic rings. The molecule has 0 spiro atoms. The maximum atomic E-state index is 5.79. The molecule has 0 aliphatic carbocycles. The highest BCUT2D eigenvalue weighted by atomic mass is 16.5. The van der Waals surface area contributed by atoms with Gasteiger partial charge in [-0.2, -0.15) is 0 Å². The summed E-state index contributed by atoms with van der Waals surface area (Å²) >= 11 is 0. The maximum Gasteiger partial charge on any atom is 0.107 e. The predicted molar refractivity (Wildman–Crippen MR) is 46.4 cm³/mol. The summed E-state index contributed by atoms with van der Waals surface area (Å²) in [5.41, 5.74) is 0. The third kappa shape index (κ3) is 2.17. The predicted octanol–water partition coefficient (Wildman–Crippen LogP) is 1.71. The molecular weight excluding hydrogens is 138 g/mol. The summed E-state index contributed by atoms with van der Waals surface area (Å²) in [7, 11) is 2.11. The smallest absolute Gasteiger partial charge is 0.107 e. The van der Waals surface area contributed by atoms with Gasteiger partial charge in [0.15, 0.2) is 0 Å². The Morgan fingerprint density at radius 3 is 2.55 bits per heavy atom. The minimum absolute atomic E-state index is 0.302. The molecule has 11 heavy (non-hydrogen) atoms. The molecule has 2 atom stereocenters. The Kier molecular flexibility index (Phi) is 2.90. The van der Waals surface area contributed by atoms with E-state index in [1.807, 2.05) is 0 Å². The van der Waals surface area contributed by atoms with Crippen molar-refractivity contribution in [3.8, 4) is 0 Å². The average Bonchev–Trinajstić information content (AvgIpc) is 1.94. The van der Waals surface area contributed by atoms with Gasteiger partial charge in [0.05, 0.1) is 6.10 Å². The molecule has 0 saturated carbocycles. The van der Waals surface area contributed by atoms with Crippen LogP contribution >= 0.6 is 0 Å². The van der Waals surface area contributed by atoms with Crippen molar-refractivity contribution < 1.29 is 4.74 Å². The van der Waals surface area contributed by atoms with Crippen molar-refractivity contribution in [2.75, 3.05) is 13.6 Å². The Labute approximate surface area is 69.5 Å². The van der Waals surface area contributed by atoms with Crippen molar-refractivity contribution in [2.24, 2.45) is 5.92 Å². The normalized spacial score (nSPS) is 34.6. The molecule has 2 heteroatoms. The highest BCUT2D eigenvalue weighted by Crippen LogP contribution is 2.19. The van der Waals surface area contributed by atoms with E-state index in [-0.39, 0.29) is 0 Å². The Bertz CT molecular complexity index is 125. The molecule has 0 bridgehead atoms. The number of ether oxygens (including phenoxy) is 1. The van der Waals surface area contributed by atoms with Gasteiger partial charge in [-0.3, -0.25) is 4.90 Å². The first-order valence-electron chi connectivity index (χ1n) is 4.47. The van der Waals surface area contributed by atoms with Crippen LogP contribution in [0.3, 0.4) is 0 Å². The van der Waals surface area contributed by atoms with Crippen molar-refractivity contribution in [2.45, 2.75) is 39.5 Å². The van der Waals surface area contributed by atoms with Crippen LogP contribution in [0.25, 0.3) is 0 Å². The third-order valence-corrected chi connectivity index (χ3v) is 2.50. The van der Waals surface area contributed by atoms with Crippen molar-refractivity contribution in [1.29, 1.82) is 0 Å². The van der Waals surface area contributed by atoms with Crippen LogP contribution in [0.15, 0.2) is 0 Å². The van der Waals surface area contributed by atoms with Gasteiger partial charge in [0, 0.05) is 6.54 Å². The van der Waals surface area contributed by atoms with Crippen molar-refractivity contribution in [3.05, 3.63) is 0 Å². The van der Waals surface area contributed by atoms with Gasteiger partial charge in [0.1, 0.15) is 6.23 Å². The first-order valence-corrected chi connectivity index (χ1v) is 4.47. The fourth-order valence-electron chi connectivity index (χ4n) is 1.43. The largest absolute Gasteiger partial charge is 0.360 e. The number of rotatable bonds is 1. The van der Waals surface area contributed by atoms with E-state index in [1.165, 1.54) is 13.0 Å². The summed E-state index contributed by atoms with van der Waals surface area (Å²) in [6, 6.07) is 0. The molecule has 2 nitrogen and oxygen atoms in total. The summed E-state index contributed by atoms with van der Waals surface area (Å²) in [5.74, 6) is 0.658. The Morgan fingerprint density at radius 2 is 2.09 bits per heavy atom. The van der Waals surface area contributed by atoms with E-state index in [0.717, 1.165) is 0 Å². The molecule has 1 heterocycles. The lowest BCUT2D eigenvalue weighted by molar-refractivity contribution is -0.134. The molecule has 0 unspecified atom stereocenters. The van der Waals surface area contributed by atoms with Gasteiger partial charge in [-0.25, -0.2) is 0 Å². The van der Waals surface area contributed by atoms with E-state index in [4.69, 9.17) is 4.74 Å². The average molecular weight is 157 g/mol. The zero-order valence-corrected chi connectivity index (χ0v) is 8.00. The van der Waals surface area contributed by atoms with Gasteiger partial charge in [-0.15, -0.1) is 0 Å². The molecule has 0 radical (unpaired) electrons. The molecule has 0 aromatic carbocycles. The Morgan fingerprint density at radius 1 is 1.45 bits per heavy atom. The molecule has 66 valence electrons. The quantitative estimate of drug-likeness (QED) is 0.574. The minimum atomic E-state index is 0.302. The third-order valence-electron chi connectivity index (χ3n) is 2.50. The van der Waals surface area contributed by atoms with E-state index in [9.17, 15) is 0 Å². The van der Waals surface area contributed by atoms with Gasteiger partial charge in [-0.05, 0) is 26.3 Å². The number of nitrogens with zero attached hydrogens (tertiary/aromatic N) is 1. The fraction of sp³-hybridized carbons (Fsp3) is 1.00. The summed E-state index contributed by atoms with van der Waals surface area (Å²) in [6.07, 6.45) is 1.95. The maximum absolute atomic E-state index is 5.79. The van der Waals surface area contributed by atoms with Crippen LogP contribution in [0.4, 0.5) is 0 Å². The van der Waals surface area contributed by atoms with E-state index in [0.29, 0.717) is 18.2 Å². The lowest BCUT2D eigenvalue weighted by Crippen LogP contribution is -2.43. The molecular formula is C9H19NO. The van der Waals surface area contributed by atoms with Crippen LogP contribution in [-0.2, 0) is 4.74 Å². The van der Waals surface area contributed by atoms with Crippen LogP contribution < -0.4 is 0 Å². The molecule has 1 aliphatic rings. The molecule has 0 amide bonds. The molecule has 1 fully saturated rings. The minimum Gasteiger partial charge on any atom is -0.360 e. The van der Waals surface area contributed by atoms with Crippen molar-refractivity contribution in [1.82, 2.24) is 4.90 Å². The molecule has 0 aromatic heterocycles. The summed E-state index contributed by atoms with van der Waals surface area (Å²) < 4.78 is 5.79. The highest BCUT2D eigenvalue weighted by molar-refractivity contribution is 4.71. The molecule has 0 N–H and O–H groups in total. The topological polar surface area (TPSA) is 12.5 Å². The monoisotopic (exact) mass is 157 g/mol. The van der Waals surface area contributed by atoms with Gasteiger partial charge >= 0.3 is 0 Å². The van der Waals surface area contributed by atoms with Gasteiger partial charge in [0.2, 0.25) is 0 Å². The summed E-state index contributed by atoms with van der Waals surface area (Å²) in [5, 5.41) is 0. The van der Waals surface area contributed by atoms with Crippen LogP contribution in [0.5, 0.6) is 0 Å². The zero-order valence-electron chi connectivity index (χ0n) is 8.00. The molecule has 1 saturated heterocycles. The second-order valence-corrected chi connectivity index (χ2v) is 3.79. The van der Waals surface area contributed by atoms with E-state index >= 15 is 0 Å². The van der Waals surface area contributed by atoms with Gasteiger partial charge < -0.3 is 4.74 Å². The first-order chi connectivity index (χ1) is 5.11. The number of hydrogen-bond donors (Lipinski definition) is 0. The van der Waals surface area contributed by atoms with E-state index in [2.05, 4.69) is 32.7 Å². The summed E-state index contributed by atoms with van der Waals surface area (Å²) in [4.78, 5) is 2.25. The fourth-order valence-corrected chi connectivity index (χ4v) is 1.43. The van der Waals surface area contributed by atoms with Crippen molar-refractivity contribution >= 4 is 0 Å². The summed E-state index contributed by atoms with van der Waals surface area (Å²) in [6.45, 7) is 7.74. The second-order valence-electron chi connectivity index (χ2n) is 3.79. The molecule has 1 rings (SSSR count). The lowest BCUT2D eigenvalue weighted by atomic mass is 10.0. The SMILES string of the molecule is CC(C)[C@@H]1CCN(C)[C@H](C)O1. The van der Waals surface area contributed by atoms with Gasteiger partial charge in [0.25, 0.3) is 0 Å². The number of hydrogen-bond acceptors (Lipinski definition) is 2. The zero-order chi connectivity index (χ0) is 8.43. The lowest BCUT2D eigenvalue weighted by Gasteiger charge is -2.37. The standard InChI is InChI=1S/C9H19NO/c1-7(2)9-5-6-10(4)8(3)11-9/h7-9H,5-6H2,1-4H3/t8-,9-/m0/s1. The molecule has 1 aliphatic heterocycles. The van der Waals surface area contributed by atoms with Crippen LogP contribution in [0.2, 0.25) is 0 Å². The van der Waals surface area contributed by atoms with Gasteiger partial charge in [-0.1, -0.05) is 13.8 Å². The Balaban J connectivity index is 2.40. The van der Waals surface area contributed by atoms with E-state index in [1.54, 1.807) is 0 Å². The van der Waals surface area contributed by atoms with Crippen LogP contribution in [-0.4, -0.2) is 30.8 Å².